The highest BCUT2D eigenvalue weighted by molar-refractivity contribution is 5.26. The average molecular weight is 183 g/mol. The van der Waals surface area contributed by atoms with Crippen molar-refractivity contribution in [3.63, 3.8) is 0 Å². The van der Waals surface area contributed by atoms with Crippen LogP contribution in [0, 0.1) is 0 Å². The number of aromatic nitrogens is 1. The van der Waals surface area contributed by atoms with Crippen molar-refractivity contribution in [1.82, 2.24) is 4.98 Å². The number of hydrogen-bond acceptors (Lipinski definition) is 1. The molecule has 0 amide bonds. The van der Waals surface area contributed by atoms with Crippen LogP contribution in [0.5, 0.6) is 0 Å². The first-order valence-electron chi connectivity index (χ1n) is 4.52. The van der Waals surface area contributed by atoms with E-state index in [1.54, 1.807) is 12.1 Å². The second-order valence-corrected chi connectivity index (χ2v) is 3.41. The Bertz CT molecular complexity index is 295. The van der Waals surface area contributed by atoms with Gasteiger partial charge in [-0.2, -0.15) is 0 Å². The Morgan fingerprint density at radius 3 is 2.69 bits per heavy atom. The molecule has 0 atom stereocenters. The molecule has 13 heavy (non-hydrogen) atoms. The summed E-state index contributed by atoms with van der Waals surface area (Å²) in [5, 5.41) is 0. The van der Waals surface area contributed by atoms with Gasteiger partial charge in [-0.15, -0.1) is 0 Å². The van der Waals surface area contributed by atoms with E-state index in [1.807, 2.05) is 0 Å². The molecule has 0 saturated heterocycles. The molecule has 0 aliphatic heterocycles. The third kappa shape index (κ3) is 1.55. The summed E-state index contributed by atoms with van der Waals surface area (Å²) in [5.41, 5.74) is 0.732. The fourth-order valence-corrected chi connectivity index (χ4v) is 1.68. The molecule has 1 aliphatic carbocycles. The zero-order valence-electron chi connectivity index (χ0n) is 7.21. The van der Waals surface area contributed by atoms with Crippen molar-refractivity contribution in [2.75, 3.05) is 0 Å². The summed E-state index contributed by atoms with van der Waals surface area (Å²) in [5.74, 6) is 0.331. The molecule has 1 saturated carbocycles. The number of hydrogen-bond donors (Lipinski definition) is 0. The maximum absolute atomic E-state index is 12.5. The van der Waals surface area contributed by atoms with Gasteiger partial charge in [0.1, 0.15) is 5.69 Å². The van der Waals surface area contributed by atoms with Gasteiger partial charge < -0.3 is 0 Å². The van der Waals surface area contributed by atoms with Crippen molar-refractivity contribution >= 4 is 0 Å². The molecule has 0 aromatic carbocycles. The predicted octanol–water partition coefficient (Wildman–Crippen LogP) is 3.29. The van der Waals surface area contributed by atoms with Gasteiger partial charge in [-0.1, -0.05) is 12.5 Å². The Kier molecular flexibility index (Phi) is 2.25. The maximum Gasteiger partial charge on any atom is 0.280 e. The number of halogens is 2. The fraction of sp³-hybridized carbons (Fsp3) is 0.500. The first-order chi connectivity index (χ1) is 6.29. The van der Waals surface area contributed by atoms with E-state index < -0.39 is 6.43 Å². The van der Waals surface area contributed by atoms with Crippen molar-refractivity contribution < 1.29 is 8.78 Å². The molecule has 1 aromatic heterocycles. The summed E-state index contributed by atoms with van der Waals surface area (Å²) in [7, 11) is 0. The minimum absolute atomic E-state index is 0.0211. The van der Waals surface area contributed by atoms with E-state index in [0.717, 1.165) is 24.8 Å². The van der Waals surface area contributed by atoms with Crippen molar-refractivity contribution in [3.05, 3.63) is 29.6 Å². The van der Waals surface area contributed by atoms with Gasteiger partial charge in [0.25, 0.3) is 6.43 Å². The largest absolute Gasteiger partial charge is 0.280 e. The molecule has 0 unspecified atom stereocenters. The minimum atomic E-state index is -2.43. The van der Waals surface area contributed by atoms with Crippen molar-refractivity contribution in [2.24, 2.45) is 0 Å². The average Bonchev–Trinajstić information content (AvgIpc) is 2.02. The van der Waals surface area contributed by atoms with E-state index in [2.05, 4.69) is 4.98 Å². The molecule has 1 fully saturated rings. The van der Waals surface area contributed by atoms with Crippen LogP contribution in [0.1, 0.15) is 42.9 Å². The van der Waals surface area contributed by atoms with Crippen LogP contribution in [0.4, 0.5) is 8.78 Å². The SMILES string of the molecule is FC(F)c1ncccc1C1CCC1. The maximum atomic E-state index is 12.5. The van der Waals surface area contributed by atoms with Crippen LogP contribution >= 0.6 is 0 Å². The Hall–Kier alpha value is -0.990. The molecular weight excluding hydrogens is 172 g/mol. The van der Waals surface area contributed by atoms with Crippen molar-refractivity contribution in [3.8, 4) is 0 Å². The molecule has 0 N–H and O–H groups in total. The lowest BCUT2D eigenvalue weighted by molar-refractivity contribution is 0.143. The molecule has 1 heterocycles. The Labute approximate surface area is 75.8 Å². The molecule has 70 valence electrons. The summed E-state index contributed by atoms with van der Waals surface area (Å²) < 4.78 is 25.0. The van der Waals surface area contributed by atoms with E-state index in [1.165, 1.54) is 6.20 Å². The number of alkyl halides is 2. The van der Waals surface area contributed by atoms with Crippen LogP contribution < -0.4 is 0 Å². The number of rotatable bonds is 2. The van der Waals surface area contributed by atoms with Gasteiger partial charge >= 0.3 is 0 Å². The normalized spacial score (nSPS) is 17.5. The lowest BCUT2D eigenvalue weighted by Crippen LogP contribution is -2.12. The standard InChI is InChI=1S/C10H11F2N/c11-10(12)9-8(5-2-6-13-9)7-3-1-4-7/h2,5-7,10H,1,3-4H2. The Balaban J connectivity index is 2.31. The summed E-state index contributed by atoms with van der Waals surface area (Å²) >= 11 is 0. The number of nitrogens with zero attached hydrogens (tertiary/aromatic N) is 1. The monoisotopic (exact) mass is 183 g/mol. The van der Waals surface area contributed by atoms with Gasteiger partial charge in [-0.05, 0) is 30.4 Å². The third-order valence-corrected chi connectivity index (χ3v) is 2.62. The molecule has 0 radical (unpaired) electrons. The molecule has 1 aliphatic rings. The molecule has 1 aromatic rings. The van der Waals surface area contributed by atoms with E-state index in [-0.39, 0.29) is 5.69 Å². The summed E-state index contributed by atoms with van der Waals surface area (Å²) in [6, 6.07) is 3.51. The Morgan fingerprint density at radius 2 is 2.15 bits per heavy atom. The Morgan fingerprint density at radius 1 is 1.38 bits per heavy atom. The third-order valence-electron chi connectivity index (χ3n) is 2.62. The summed E-state index contributed by atoms with van der Waals surface area (Å²) in [4.78, 5) is 3.73. The lowest BCUT2D eigenvalue weighted by Gasteiger charge is -2.27. The molecule has 3 heteroatoms. The minimum Gasteiger partial charge on any atom is -0.255 e. The highest BCUT2D eigenvalue weighted by Gasteiger charge is 2.25. The van der Waals surface area contributed by atoms with Crippen LogP contribution in [0.15, 0.2) is 18.3 Å². The molecule has 0 bridgehead atoms. The second-order valence-electron chi connectivity index (χ2n) is 3.41. The zero-order valence-corrected chi connectivity index (χ0v) is 7.21. The van der Waals surface area contributed by atoms with E-state index in [4.69, 9.17) is 0 Å². The van der Waals surface area contributed by atoms with E-state index in [9.17, 15) is 8.78 Å². The van der Waals surface area contributed by atoms with Gasteiger partial charge in [0.15, 0.2) is 0 Å². The highest BCUT2D eigenvalue weighted by Crippen LogP contribution is 2.39. The van der Waals surface area contributed by atoms with Crippen LogP contribution in [0.3, 0.4) is 0 Å². The van der Waals surface area contributed by atoms with E-state index in [0.29, 0.717) is 5.92 Å². The van der Waals surface area contributed by atoms with Crippen LogP contribution in [-0.4, -0.2) is 4.98 Å². The number of pyridine rings is 1. The van der Waals surface area contributed by atoms with Gasteiger partial charge in [0.2, 0.25) is 0 Å². The second kappa shape index (κ2) is 3.40. The van der Waals surface area contributed by atoms with Crippen LogP contribution in [-0.2, 0) is 0 Å². The smallest absolute Gasteiger partial charge is 0.255 e. The van der Waals surface area contributed by atoms with Gasteiger partial charge in [0.05, 0.1) is 0 Å². The van der Waals surface area contributed by atoms with Gasteiger partial charge in [-0.25, -0.2) is 8.78 Å². The summed E-state index contributed by atoms with van der Waals surface area (Å²) in [6.07, 6.45) is 2.22. The fourth-order valence-electron chi connectivity index (χ4n) is 1.68. The first kappa shape index (κ1) is 8.60. The predicted molar refractivity (Wildman–Crippen MR) is 45.8 cm³/mol. The quantitative estimate of drug-likeness (QED) is 0.685. The van der Waals surface area contributed by atoms with Crippen molar-refractivity contribution in [2.45, 2.75) is 31.6 Å². The first-order valence-corrected chi connectivity index (χ1v) is 4.52. The van der Waals surface area contributed by atoms with Crippen LogP contribution in [0.25, 0.3) is 0 Å². The zero-order chi connectivity index (χ0) is 9.26. The summed E-state index contributed by atoms with van der Waals surface area (Å²) in [6.45, 7) is 0. The molecule has 1 nitrogen and oxygen atoms in total. The van der Waals surface area contributed by atoms with Gasteiger partial charge in [0, 0.05) is 6.20 Å². The topological polar surface area (TPSA) is 12.9 Å². The lowest BCUT2D eigenvalue weighted by atomic mass is 9.79. The van der Waals surface area contributed by atoms with E-state index >= 15 is 0 Å². The molecule has 0 spiro atoms. The molecular formula is C10H11F2N. The van der Waals surface area contributed by atoms with Crippen LogP contribution in [0.2, 0.25) is 0 Å². The molecule has 2 rings (SSSR count). The highest BCUT2D eigenvalue weighted by atomic mass is 19.3. The van der Waals surface area contributed by atoms with Crippen molar-refractivity contribution in [1.29, 1.82) is 0 Å². The van der Waals surface area contributed by atoms with Gasteiger partial charge in [-0.3, -0.25) is 4.98 Å².